The quantitative estimate of drug-likeness (QED) is 0.873. The first-order valence-electron chi connectivity index (χ1n) is 6.24. The van der Waals surface area contributed by atoms with Crippen LogP contribution in [0.3, 0.4) is 0 Å². The van der Waals surface area contributed by atoms with Crippen molar-refractivity contribution in [3.05, 3.63) is 58.1 Å². The molecule has 0 fully saturated rings. The number of nitrogens with one attached hydrogen (secondary N) is 1. The molecule has 2 aromatic carbocycles. The van der Waals surface area contributed by atoms with E-state index in [2.05, 4.69) is 5.32 Å². The van der Waals surface area contributed by atoms with E-state index in [1.807, 2.05) is 0 Å². The number of anilines is 1. The first-order chi connectivity index (χ1) is 10.4. The van der Waals surface area contributed by atoms with E-state index in [1.54, 1.807) is 18.2 Å². The second kappa shape index (κ2) is 6.94. The van der Waals surface area contributed by atoms with Crippen LogP contribution in [-0.4, -0.2) is 12.0 Å². The monoisotopic (exact) mass is 345 g/mol. The minimum absolute atomic E-state index is 0.00450. The normalized spacial score (nSPS) is 11.9. The van der Waals surface area contributed by atoms with Crippen molar-refractivity contribution in [2.24, 2.45) is 0 Å². The van der Waals surface area contributed by atoms with E-state index in [0.717, 1.165) is 12.1 Å². The van der Waals surface area contributed by atoms with Crippen LogP contribution in [0.1, 0.15) is 6.92 Å². The molecule has 1 unspecified atom stereocenters. The Hall–Kier alpha value is -1.85. The molecule has 0 heterocycles. The lowest BCUT2D eigenvalue weighted by atomic mass is 10.2. The van der Waals surface area contributed by atoms with Gasteiger partial charge in [-0.3, -0.25) is 4.79 Å². The van der Waals surface area contributed by atoms with Crippen LogP contribution < -0.4 is 10.1 Å². The summed E-state index contributed by atoms with van der Waals surface area (Å²) in [7, 11) is 0. The molecule has 0 bridgehead atoms. The molecule has 0 radical (unpaired) electrons. The van der Waals surface area contributed by atoms with Crippen molar-refractivity contribution in [3.8, 4) is 5.75 Å². The number of carbonyl (C=O) groups excluding carboxylic acids is 1. The molecule has 116 valence electrons. The first kappa shape index (κ1) is 16.5. The van der Waals surface area contributed by atoms with Crippen LogP contribution in [0.5, 0.6) is 5.75 Å². The molecular formula is C15H11Cl2F2NO2. The van der Waals surface area contributed by atoms with Crippen LogP contribution in [-0.2, 0) is 4.79 Å². The standard InChI is InChI=1S/C15H11Cl2F2NO2/c1-8(22-13-4-2-3-12(16)14(13)17)15(21)20-11-6-9(18)5-10(19)7-11/h2-8H,1H3,(H,20,21). The van der Waals surface area contributed by atoms with E-state index in [-0.39, 0.29) is 16.5 Å². The third kappa shape index (κ3) is 4.08. The van der Waals surface area contributed by atoms with Crippen molar-refractivity contribution in [3.63, 3.8) is 0 Å². The van der Waals surface area contributed by atoms with Crippen molar-refractivity contribution >= 4 is 34.8 Å². The van der Waals surface area contributed by atoms with Gasteiger partial charge in [0.25, 0.3) is 5.91 Å². The molecule has 2 aromatic rings. The van der Waals surface area contributed by atoms with Gasteiger partial charge >= 0.3 is 0 Å². The van der Waals surface area contributed by atoms with Gasteiger partial charge in [0.1, 0.15) is 22.4 Å². The molecule has 0 aliphatic heterocycles. The summed E-state index contributed by atoms with van der Waals surface area (Å²) in [5, 5.41) is 2.83. The van der Waals surface area contributed by atoms with Crippen molar-refractivity contribution in [1.29, 1.82) is 0 Å². The lowest BCUT2D eigenvalue weighted by Gasteiger charge is -2.16. The minimum Gasteiger partial charge on any atom is -0.479 e. The largest absolute Gasteiger partial charge is 0.479 e. The summed E-state index contributed by atoms with van der Waals surface area (Å²) in [4.78, 5) is 12.0. The van der Waals surface area contributed by atoms with Gasteiger partial charge < -0.3 is 10.1 Å². The highest BCUT2D eigenvalue weighted by molar-refractivity contribution is 6.42. The van der Waals surface area contributed by atoms with Gasteiger partial charge in [-0.15, -0.1) is 0 Å². The number of hydrogen-bond donors (Lipinski definition) is 1. The van der Waals surface area contributed by atoms with E-state index < -0.39 is 23.6 Å². The summed E-state index contributed by atoms with van der Waals surface area (Å²) in [6.07, 6.45) is -0.942. The third-order valence-corrected chi connectivity index (χ3v) is 3.52. The van der Waals surface area contributed by atoms with Gasteiger partial charge in [-0.25, -0.2) is 8.78 Å². The molecule has 1 atom stereocenters. The second-order valence-electron chi connectivity index (χ2n) is 4.46. The van der Waals surface area contributed by atoms with Crippen LogP contribution in [0.2, 0.25) is 10.0 Å². The average Bonchev–Trinajstić information content (AvgIpc) is 2.42. The zero-order chi connectivity index (χ0) is 16.3. The number of halogens is 4. The summed E-state index contributed by atoms with van der Waals surface area (Å²) in [6, 6.07) is 7.47. The number of carbonyl (C=O) groups is 1. The first-order valence-corrected chi connectivity index (χ1v) is 7.00. The van der Waals surface area contributed by atoms with E-state index in [1.165, 1.54) is 6.92 Å². The predicted octanol–water partition coefficient (Wildman–Crippen LogP) is 4.68. The maximum absolute atomic E-state index is 13.1. The van der Waals surface area contributed by atoms with Crippen LogP contribution in [0, 0.1) is 11.6 Å². The number of hydrogen-bond acceptors (Lipinski definition) is 2. The lowest BCUT2D eigenvalue weighted by molar-refractivity contribution is -0.122. The molecule has 0 saturated heterocycles. The van der Waals surface area contributed by atoms with Gasteiger partial charge in [-0.1, -0.05) is 29.3 Å². The number of benzene rings is 2. The van der Waals surface area contributed by atoms with Crippen LogP contribution in [0.25, 0.3) is 0 Å². The van der Waals surface area contributed by atoms with Crippen molar-refractivity contribution in [2.75, 3.05) is 5.32 Å². The van der Waals surface area contributed by atoms with E-state index in [0.29, 0.717) is 11.1 Å². The second-order valence-corrected chi connectivity index (χ2v) is 5.24. The SMILES string of the molecule is CC(Oc1cccc(Cl)c1Cl)C(=O)Nc1cc(F)cc(F)c1. The zero-order valence-electron chi connectivity index (χ0n) is 11.4. The van der Waals surface area contributed by atoms with Gasteiger partial charge in [0.2, 0.25) is 0 Å². The predicted molar refractivity (Wildman–Crippen MR) is 81.5 cm³/mol. The summed E-state index contributed by atoms with van der Waals surface area (Å²) in [5.74, 6) is -1.92. The van der Waals surface area contributed by atoms with Crippen molar-refractivity contribution in [1.82, 2.24) is 0 Å². The van der Waals surface area contributed by atoms with Gasteiger partial charge in [0.05, 0.1) is 5.02 Å². The molecular weight excluding hydrogens is 335 g/mol. The Balaban J connectivity index is 2.07. The summed E-state index contributed by atoms with van der Waals surface area (Å²) in [5.41, 5.74) is -0.00450. The zero-order valence-corrected chi connectivity index (χ0v) is 12.9. The average molecular weight is 346 g/mol. The Bertz CT molecular complexity index is 690. The van der Waals surface area contributed by atoms with Crippen LogP contribution >= 0.6 is 23.2 Å². The fraction of sp³-hybridized carbons (Fsp3) is 0.133. The van der Waals surface area contributed by atoms with Crippen molar-refractivity contribution in [2.45, 2.75) is 13.0 Å². The Labute approximate surface area is 135 Å². The molecule has 0 saturated carbocycles. The molecule has 0 spiro atoms. The lowest BCUT2D eigenvalue weighted by Crippen LogP contribution is -2.30. The van der Waals surface area contributed by atoms with E-state index in [9.17, 15) is 13.6 Å². The molecule has 7 heteroatoms. The van der Waals surface area contributed by atoms with E-state index in [4.69, 9.17) is 27.9 Å². The van der Waals surface area contributed by atoms with Gasteiger partial charge in [0.15, 0.2) is 6.10 Å². The molecule has 1 N–H and O–H groups in total. The van der Waals surface area contributed by atoms with Crippen molar-refractivity contribution < 1.29 is 18.3 Å². The molecule has 22 heavy (non-hydrogen) atoms. The topological polar surface area (TPSA) is 38.3 Å². The van der Waals surface area contributed by atoms with E-state index >= 15 is 0 Å². The molecule has 3 nitrogen and oxygen atoms in total. The maximum atomic E-state index is 13.1. The molecule has 2 rings (SSSR count). The van der Waals surface area contributed by atoms with Crippen LogP contribution in [0.4, 0.5) is 14.5 Å². The number of amides is 1. The molecule has 0 aromatic heterocycles. The van der Waals surface area contributed by atoms with Gasteiger partial charge in [0, 0.05) is 11.8 Å². The van der Waals surface area contributed by atoms with Gasteiger partial charge in [-0.2, -0.15) is 0 Å². The fourth-order valence-electron chi connectivity index (χ4n) is 1.69. The smallest absolute Gasteiger partial charge is 0.265 e. The minimum atomic E-state index is -0.942. The number of rotatable bonds is 4. The highest BCUT2D eigenvalue weighted by Crippen LogP contribution is 2.32. The Morgan fingerprint density at radius 2 is 1.82 bits per heavy atom. The highest BCUT2D eigenvalue weighted by atomic mass is 35.5. The Morgan fingerprint density at radius 1 is 1.18 bits per heavy atom. The highest BCUT2D eigenvalue weighted by Gasteiger charge is 2.17. The summed E-state index contributed by atoms with van der Waals surface area (Å²) >= 11 is 11.8. The Morgan fingerprint density at radius 3 is 2.45 bits per heavy atom. The third-order valence-electron chi connectivity index (χ3n) is 2.72. The summed E-state index contributed by atoms with van der Waals surface area (Å²) < 4.78 is 31.5. The molecule has 0 aliphatic carbocycles. The molecule has 0 aliphatic rings. The Kier molecular flexibility index (Phi) is 5.21. The van der Waals surface area contributed by atoms with Gasteiger partial charge in [-0.05, 0) is 31.2 Å². The van der Waals surface area contributed by atoms with Crippen LogP contribution in [0.15, 0.2) is 36.4 Å². The maximum Gasteiger partial charge on any atom is 0.265 e. The fourth-order valence-corrected chi connectivity index (χ4v) is 2.03. The number of ether oxygens (including phenoxy) is 1. The molecule has 1 amide bonds. The summed E-state index contributed by atoms with van der Waals surface area (Å²) in [6.45, 7) is 1.47.